The molecule has 1 N–H and O–H groups in total. The van der Waals surface area contributed by atoms with Gasteiger partial charge in [-0.25, -0.2) is 12.8 Å². The fourth-order valence-electron chi connectivity index (χ4n) is 3.08. The number of hydrogen-bond acceptors (Lipinski definition) is 5. The van der Waals surface area contributed by atoms with E-state index in [1.54, 1.807) is 36.4 Å². The molecule has 9 heteroatoms. The van der Waals surface area contributed by atoms with E-state index < -0.39 is 21.7 Å². The van der Waals surface area contributed by atoms with Crippen LogP contribution in [0.15, 0.2) is 84.0 Å². The number of rotatable bonds is 5. The zero-order chi connectivity index (χ0) is 22.0. The second kappa shape index (κ2) is 8.11. The van der Waals surface area contributed by atoms with Gasteiger partial charge < -0.3 is 5.32 Å². The minimum absolute atomic E-state index is 0.000505. The summed E-state index contributed by atoms with van der Waals surface area (Å²) < 4.78 is 41.1. The molecule has 1 amide bonds. The molecule has 0 atom stereocenters. The normalized spacial score (nSPS) is 11.3. The molecule has 156 valence electrons. The molecule has 1 aromatic heterocycles. The molecule has 4 aromatic rings. The van der Waals surface area contributed by atoms with Crippen LogP contribution in [0.3, 0.4) is 0 Å². The van der Waals surface area contributed by atoms with Crippen LogP contribution in [0.2, 0.25) is 0 Å². The number of hydrogen-bond donors (Lipinski definition) is 1. The average Bonchev–Trinajstić information content (AvgIpc) is 2.78. The predicted molar refractivity (Wildman–Crippen MR) is 116 cm³/mol. The Balaban J connectivity index is 1.65. The molecule has 1 heterocycles. The third-order valence-corrected chi connectivity index (χ3v) is 6.43. The van der Waals surface area contributed by atoms with Crippen LogP contribution in [0.25, 0.3) is 11.0 Å². The van der Waals surface area contributed by atoms with Gasteiger partial charge >= 0.3 is 0 Å². The summed E-state index contributed by atoms with van der Waals surface area (Å²) in [5.41, 5.74) is 1.23. The van der Waals surface area contributed by atoms with Crippen molar-refractivity contribution in [2.75, 3.05) is 16.7 Å². The monoisotopic (exact) mass is 436 g/mol. The van der Waals surface area contributed by atoms with E-state index in [1.807, 2.05) is 0 Å². The van der Waals surface area contributed by atoms with Crippen LogP contribution >= 0.6 is 0 Å². The molecule has 4 rings (SSSR count). The Bertz CT molecular complexity index is 1380. The van der Waals surface area contributed by atoms with Crippen LogP contribution in [0, 0.1) is 5.82 Å². The standard InChI is InChI=1S/C22H17FN4O3S/c1-27(17-7-3-2-4-8-17)31(29,30)18-9-5-6-16(14-18)26-22(28)19-12-15(23)13-20-21(19)25-11-10-24-20/h2-14H,1H3,(H,26,28). The van der Waals surface area contributed by atoms with Crippen LogP contribution < -0.4 is 9.62 Å². The molecule has 3 aromatic carbocycles. The topological polar surface area (TPSA) is 92.3 Å². The van der Waals surface area contributed by atoms with Crippen LogP contribution in [0.4, 0.5) is 15.8 Å². The molecule has 0 aliphatic carbocycles. The first-order valence-electron chi connectivity index (χ1n) is 9.22. The second-order valence-electron chi connectivity index (χ2n) is 6.67. The second-order valence-corrected chi connectivity index (χ2v) is 8.64. The number of nitrogens with one attached hydrogen (secondary N) is 1. The first-order chi connectivity index (χ1) is 14.9. The number of para-hydroxylation sites is 1. The van der Waals surface area contributed by atoms with Crippen LogP contribution in [0.1, 0.15) is 10.4 Å². The number of nitrogens with zero attached hydrogens (tertiary/aromatic N) is 3. The maximum atomic E-state index is 13.9. The maximum Gasteiger partial charge on any atom is 0.264 e. The van der Waals surface area contributed by atoms with Crippen molar-refractivity contribution < 1.29 is 17.6 Å². The zero-order valence-electron chi connectivity index (χ0n) is 16.4. The van der Waals surface area contributed by atoms with E-state index in [4.69, 9.17) is 0 Å². The van der Waals surface area contributed by atoms with Crippen molar-refractivity contribution in [2.45, 2.75) is 4.90 Å². The molecular weight excluding hydrogens is 419 g/mol. The minimum atomic E-state index is -3.86. The number of benzene rings is 3. The van der Waals surface area contributed by atoms with Crippen molar-refractivity contribution in [3.8, 4) is 0 Å². The fraction of sp³-hybridized carbons (Fsp3) is 0.0455. The summed E-state index contributed by atoms with van der Waals surface area (Å²) in [4.78, 5) is 20.9. The lowest BCUT2D eigenvalue weighted by molar-refractivity contribution is 0.102. The number of halogens is 1. The van der Waals surface area contributed by atoms with E-state index >= 15 is 0 Å². The van der Waals surface area contributed by atoms with E-state index in [2.05, 4.69) is 15.3 Å². The highest BCUT2D eigenvalue weighted by atomic mass is 32.2. The van der Waals surface area contributed by atoms with Gasteiger partial charge in [-0.2, -0.15) is 0 Å². The Kier molecular flexibility index (Phi) is 5.35. The maximum absolute atomic E-state index is 13.9. The SMILES string of the molecule is CN(c1ccccc1)S(=O)(=O)c1cccc(NC(=O)c2cc(F)cc3nccnc23)c1. The van der Waals surface area contributed by atoms with Gasteiger partial charge in [0, 0.05) is 31.2 Å². The van der Waals surface area contributed by atoms with Crippen molar-refractivity contribution in [3.63, 3.8) is 0 Å². The summed E-state index contributed by atoms with van der Waals surface area (Å²) >= 11 is 0. The molecule has 0 unspecified atom stereocenters. The molecule has 31 heavy (non-hydrogen) atoms. The van der Waals surface area contributed by atoms with Crippen molar-refractivity contribution in [1.29, 1.82) is 0 Å². The average molecular weight is 436 g/mol. The minimum Gasteiger partial charge on any atom is -0.322 e. The summed E-state index contributed by atoms with van der Waals surface area (Å²) in [6.45, 7) is 0. The van der Waals surface area contributed by atoms with Gasteiger partial charge in [0.2, 0.25) is 0 Å². The van der Waals surface area contributed by atoms with Gasteiger partial charge in [-0.1, -0.05) is 24.3 Å². The van der Waals surface area contributed by atoms with Gasteiger partial charge in [-0.05, 0) is 36.4 Å². The Morgan fingerprint density at radius 3 is 2.48 bits per heavy atom. The van der Waals surface area contributed by atoms with Gasteiger partial charge in [0.05, 0.1) is 21.7 Å². The van der Waals surface area contributed by atoms with E-state index in [1.165, 1.54) is 43.7 Å². The lowest BCUT2D eigenvalue weighted by Crippen LogP contribution is -2.26. The van der Waals surface area contributed by atoms with Crippen molar-refractivity contribution >= 4 is 38.3 Å². The largest absolute Gasteiger partial charge is 0.322 e. The molecule has 0 aliphatic rings. The Labute approximate surface area is 178 Å². The highest BCUT2D eigenvalue weighted by molar-refractivity contribution is 7.92. The smallest absolute Gasteiger partial charge is 0.264 e. The third kappa shape index (κ3) is 4.08. The van der Waals surface area contributed by atoms with Crippen LogP contribution in [-0.4, -0.2) is 31.3 Å². The molecule has 7 nitrogen and oxygen atoms in total. The Morgan fingerprint density at radius 1 is 0.968 bits per heavy atom. The van der Waals surface area contributed by atoms with Crippen molar-refractivity contribution in [2.24, 2.45) is 0 Å². The third-order valence-electron chi connectivity index (χ3n) is 4.65. The molecule has 0 radical (unpaired) electrons. The molecule has 0 saturated carbocycles. The summed E-state index contributed by atoms with van der Waals surface area (Å²) in [5.74, 6) is -1.25. The molecule has 0 fully saturated rings. The lowest BCUT2D eigenvalue weighted by Gasteiger charge is -2.20. The van der Waals surface area contributed by atoms with Gasteiger partial charge in [0.1, 0.15) is 11.3 Å². The summed E-state index contributed by atoms with van der Waals surface area (Å²) in [5, 5.41) is 2.61. The fourth-order valence-corrected chi connectivity index (χ4v) is 4.32. The zero-order valence-corrected chi connectivity index (χ0v) is 17.2. The lowest BCUT2D eigenvalue weighted by atomic mass is 10.1. The predicted octanol–water partition coefficient (Wildman–Crippen LogP) is 3.85. The first kappa shape index (κ1) is 20.4. The van der Waals surface area contributed by atoms with Gasteiger partial charge in [0.25, 0.3) is 15.9 Å². The number of carbonyl (C=O) groups excluding carboxylic acids is 1. The number of anilines is 2. The molecular formula is C22H17FN4O3S. The van der Waals surface area contributed by atoms with Gasteiger partial charge in [-0.3, -0.25) is 19.1 Å². The van der Waals surface area contributed by atoms with Crippen molar-refractivity contribution in [3.05, 3.63) is 90.5 Å². The molecule has 0 aliphatic heterocycles. The summed E-state index contributed by atoms with van der Waals surface area (Å²) in [7, 11) is -2.40. The van der Waals surface area contributed by atoms with Gasteiger partial charge in [0.15, 0.2) is 0 Å². The number of fused-ring (bicyclic) bond motifs is 1. The van der Waals surface area contributed by atoms with E-state index in [0.717, 1.165) is 10.4 Å². The van der Waals surface area contributed by atoms with Crippen LogP contribution in [-0.2, 0) is 10.0 Å². The molecule has 0 spiro atoms. The number of amides is 1. The van der Waals surface area contributed by atoms with E-state index in [9.17, 15) is 17.6 Å². The van der Waals surface area contributed by atoms with Crippen molar-refractivity contribution in [1.82, 2.24) is 9.97 Å². The van der Waals surface area contributed by atoms with E-state index in [-0.39, 0.29) is 27.2 Å². The Morgan fingerprint density at radius 2 is 1.71 bits per heavy atom. The highest BCUT2D eigenvalue weighted by Gasteiger charge is 2.22. The number of sulfonamides is 1. The van der Waals surface area contributed by atoms with E-state index in [0.29, 0.717) is 5.69 Å². The molecule has 0 saturated heterocycles. The quantitative estimate of drug-likeness (QED) is 0.513. The number of carbonyl (C=O) groups is 1. The molecule has 0 bridgehead atoms. The summed E-state index contributed by atoms with van der Waals surface area (Å²) in [6.07, 6.45) is 2.81. The number of aromatic nitrogens is 2. The first-order valence-corrected chi connectivity index (χ1v) is 10.7. The van der Waals surface area contributed by atoms with Crippen LogP contribution in [0.5, 0.6) is 0 Å². The highest BCUT2D eigenvalue weighted by Crippen LogP contribution is 2.24. The summed E-state index contributed by atoms with van der Waals surface area (Å²) in [6, 6.07) is 16.7. The van der Waals surface area contributed by atoms with Gasteiger partial charge in [-0.15, -0.1) is 0 Å². The Hall–Kier alpha value is -3.85.